The van der Waals surface area contributed by atoms with Crippen molar-refractivity contribution in [2.75, 3.05) is 26.2 Å². The van der Waals surface area contributed by atoms with Crippen LogP contribution >= 0.6 is 0 Å². The van der Waals surface area contributed by atoms with E-state index in [-0.39, 0.29) is 30.3 Å². The molecule has 2 amide bonds. The van der Waals surface area contributed by atoms with Crippen molar-refractivity contribution in [3.63, 3.8) is 0 Å². The van der Waals surface area contributed by atoms with Crippen molar-refractivity contribution >= 4 is 11.8 Å². The Morgan fingerprint density at radius 1 is 1.20 bits per heavy atom. The molecule has 0 unspecified atom stereocenters. The zero-order valence-electron chi connectivity index (χ0n) is 17.4. The van der Waals surface area contributed by atoms with Crippen LogP contribution in [0.5, 0.6) is 5.75 Å². The molecule has 30 heavy (non-hydrogen) atoms. The van der Waals surface area contributed by atoms with Gasteiger partial charge in [-0.05, 0) is 67.3 Å². The molecule has 1 aromatic heterocycles. The van der Waals surface area contributed by atoms with Gasteiger partial charge in [0.1, 0.15) is 5.75 Å². The van der Waals surface area contributed by atoms with Gasteiger partial charge in [0.2, 0.25) is 5.91 Å². The fourth-order valence-corrected chi connectivity index (χ4v) is 4.57. The molecule has 1 saturated heterocycles. The number of nitrogens with zero attached hydrogens (tertiary/aromatic N) is 2. The maximum Gasteiger partial charge on any atom is 0.260 e. The van der Waals surface area contributed by atoms with E-state index in [1.165, 1.54) is 5.56 Å². The van der Waals surface area contributed by atoms with Crippen molar-refractivity contribution in [1.29, 1.82) is 0 Å². The number of fused-ring (bicyclic) bond motifs is 1. The molecular formula is C24H29N3O3. The first-order valence-corrected chi connectivity index (χ1v) is 10.7. The molecule has 2 fully saturated rings. The first kappa shape index (κ1) is 20.4. The van der Waals surface area contributed by atoms with E-state index in [1.54, 1.807) is 12.4 Å². The minimum atomic E-state index is 0.000415. The lowest BCUT2D eigenvalue weighted by Gasteiger charge is -2.50. The van der Waals surface area contributed by atoms with E-state index in [1.807, 2.05) is 48.2 Å². The van der Waals surface area contributed by atoms with Crippen molar-refractivity contribution in [1.82, 2.24) is 15.2 Å². The first-order chi connectivity index (χ1) is 14.6. The number of aromatic nitrogens is 1. The standard InChI is InChI=1S/C24H29N3O3/c1-17-4-2-3-5-22(17)30-16-23(28)27-13-9-19-14-20(21(19)15-27)24(29)26-12-8-18-6-10-25-11-7-18/h2-7,10-11,19-21H,8-9,12-16H2,1H3,(H,26,29)/t19-,20-,21-/m1/s1. The summed E-state index contributed by atoms with van der Waals surface area (Å²) >= 11 is 0. The Labute approximate surface area is 177 Å². The SMILES string of the molecule is Cc1ccccc1OCC(=O)N1CC[C@@H]2C[C@@H](C(=O)NCCc3ccncc3)[C@@H]2C1. The fraction of sp³-hybridized carbons (Fsp3) is 0.458. The van der Waals surface area contributed by atoms with Crippen LogP contribution in [-0.2, 0) is 16.0 Å². The number of carbonyl (C=O) groups excluding carboxylic acids is 2. The average Bonchev–Trinajstić information content (AvgIpc) is 2.74. The molecule has 2 aliphatic rings. The molecule has 1 N–H and O–H groups in total. The van der Waals surface area contributed by atoms with Gasteiger partial charge in [0, 0.05) is 37.9 Å². The molecule has 1 aliphatic carbocycles. The maximum absolute atomic E-state index is 12.7. The second-order valence-electron chi connectivity index (χ2n) is 8.35. The van der Waals surface area contributed by atoms with Crippen LogP contribution in [0.1, 0.15) is 24.0 Å². The Morgan fingerprint density at radius 2 is 2.00 bits per heavy atom. The van der Waals surface area contributed by atoms with Crippen LogP contribution in [0, 0.1) is 24.7 Å². The molecule has 4 rings (SSSR count). The van der Waals surface area contributed by atoms with Gasteiger partial charge in [-0.2, -0.15) is 0 Å². The third kappa shape index (κ3) is 4.64. The van der Waals surface area contributed by atoms with E-state index in [0.29, 0.717) is 19.0 Å². The monoisotopic (exact) mass is 407 g/mol. The van der Waals surface area contributed by atoms with Crippen LogP contribution in [0.25, 0.3) is 0 Å². The minimum Gasteiger partial charge on any atom is -0.484 e. The lowest BCUT2D eigenvalue weighted by molar-refractivity contribution is -0.146. The number of nitrogens with one attached hydrogen (secondary N) is 1. The summed E-state index contributed by atoms with van der Waals surface area (Å²) in [6.07, 6.45) is 6.25. The second-order valence-corrected chi connectivity index (χ2v) is 8.35. The molecule has 3 atom stereocenters. The van der Waals surface area contributed by atoms with Gasteiger partial charge in [-0.25, -0.2) is 0 Å². The normalized spacial score (nSPS) is 22.6. The minimum absolute atomic E-state index is 0.000415. The number of benzene rings is 1. The summed E-state index contributed by atoms with van der Waals surface area (Å²) in [6.45, 7) is 4.06. The molecule has 158 valence electrons. The van der Waals surface area contributed by atoms with Gasteiger partial charge < -0.3 is 15.0 Å². The number of aryl methyl sites for hydroxylation is 1. The third-order valence-corrected chi connectivity index (χ3v) is 6.48. The summed E-state index contributed by atoms with van der Waals surface area (Å²) in [5.41, 5.74) is 2.19. The van der Waals surface area contributed by atoms with Gasteiger partial charge in [0.25, 0.3) is 5.91 Å². The highest BCUT2D eigenvalue weighted by Crippen LogP contribution is 2.45. The van der Waals surface area contributed by atoms with Gasteiger partial charge >= 0.3 is 0 Å². The molecule has 2 heterocycles. The topological polar surface area (TPSA) is 71.5 Å². The second kappa shape index (κ2) is 9.28. The molecule has 6 nitrogen and oxygen atoms in total. The molecule has 0 radical (unpaired) electrons. The van der Waals surface area contributed by atoms with E-state index in [4.69, 9.17) is 4.74 Å². The van der Waals surface area contributed by atoms with Crippen LogP contribution in [0.15, 0.2) is 48.8 Å². The van der Waals surface area contributed by atoms with Gasteiger partial charge in [0.15, 0.2) is 6.61 Å². The van der Waals surface area contributed by atoms with E-state index >= 15 is 0 Å². The number of rotatable bonds is 7. The van der Waals surface area contributed by atoms with Crippen molar-refractivity contribution < 1.29 is 14.3 Å². The van der Waals surface area contributed by atoms with Gasteiger partial charge in [-0.15, -0.1) is 0 Å². The number of piperidine rings is 1. The Bertz CT molecular complexity index is 886. The highest BCUT2D eigenvalue weighted by atomic mass is 16.5. The number of hydrogen-bond acceptors (Lipinski definition) is 4. The Kier molecular flexibility index (Phi) is 6.31. The number of para-hydroxylation sites is 1. The largest absolute Gasteiger partial charge is 0.484 e. The maximum atomic E-state index is 12.7. The zero-order valence-corrected chi connectivity index (χ0v) is 17.4. The van der Waals surface area contributed by atoms with E-state index in [2.05, 4.69) is 10.3 Å². The molecule has 1 aromatic carbocycles. The van der Waals surface area contributed by atoms with Crippen molar-refractivity contribution in [2.45, 2.75) is 26.2 Å². The predicted molar refractivity (Wildman–Crippen MR) is 114 cm³/mol. The summed E-state index contributed by atoms with van der Waals surface area (Å²) in [5.74, 6) is 1.71. The summed E-state index contributed by atoms with van der Waals surface area (Å²) in [5, 5.41) is 3.08. The van der Waals surface area contributed by atoms with Crippen LogP contribution in [0.3, 0.4) is 0 Å². The number of pyridine rings is 1. The molecule has 6 heteroatoms. The Morgan fingerprint density at radius 3 is 2.80 bits per heavy atom. The van der Waals surface area contributed by atoms with Gasteiger partial charge in [-0.1, -0.05) is 18.2 Å². The molecule has 0 bridgehead atoms. The van der Waals surface area contributed by atoms with Gasteiger partial charge in [-0.3, -0.25) is 14.6 Å². The predicted octanol–water partition coefficient (Wildman–Crippen LogP) is 2.61. The van der Waals surface area contributed by atoms with E-state index in [9.17, 15) is 9.59 Å². The number of hydrogen-bond donors (Lipinski definition) is 1. The average molecular weight is 408 g/mol. The van der Waals surface area contributed by atoms with Crippen LogP contribution < -0.4 is 10.1 Å². The number of carbonyl (C=O) groups is 2. The Hall–Kier alpha value is -2.89. The van der Waals surface area contributed by atoms with E-state index < -0.39 is 0 Å². The lowest BCUT2D eigenvalue weighted by atomic mass is 9.61. The molecule has 0 spiro atoms. The molecule has 1 aliphatic heterocycles. The lowest BCUT2D eigenvalue weighted by Crippen LogP contribution is -2.56. The Balaban J connectivity index is 1.24. The summed E-state index contributed by atoms with van der Waals surface area (Å²) in [4.78, 5) is 31.2. The quantitative estimate of drug-likeness (QED) is 0.766. The third-order valence-electron chi connectivity index (χ3n) is 6.48. The zero-order chi connectivity index (χ0) is 20.9. The summed E-state index contributed by atoms with van der Waals surface area (Å²) < 4.78 is 5.73. The first-order valence-electron chi connectivity index (χ1n) is 10.7. The number of amides is 2. The van der Waals surface area contributed by atoms with E-state index in [0.717, 1.165) is 37.1 Å². The van der Waals surface area contributed by atoms with Gasteiger partial charge in [0.05, 0.1) is 0 Å². The van der Waals surface area contributed by atoms with Crippen molar-refractivity contribution in [3.8, 4) is 5.75 Å². The van der Waals surface area contributed by atoms with Crippen molar-refractivity contribution in [3.05, 3.63) is 59.9 Å². The molecular weight excluding hydrogens is 378 g/mol. The number of likely N-dealkylation sites (tertiary alicyclic amines) is 1. The number of ether oxygens (including phenoxy) is 1. The summed E-state index contributed by atoms with van der Waals surface area (Å²) in [6, 6.07) is 11.6. The van der Waals surface area contributed by atoms with Crippen molar-refractivity contribution in [2.24, 2.45) is 17.8 Å². The highest BCUT2D eigenvalue weighted by Gasteiger charge is 2.48. The fourth-order valence-electron chi connectivity index (χ4n) is 4.57. The smallest absolute Gasteiger partial charge is 0.260 e. The van der Waals surface area contributed by atoms with Crippen LogP contribution in [-0.4, -0.2) is 47.9 Å². The van der Waals surface area contributed by atoms with Crippen LogP contribution in [0.2, 0.25) is 0 Å². The summed E-state index contributed by atoms with van der Waals surface area (Å²) in [7, 11) is 0. The highest BCUT2D eigenvalue weighted by molar-refractivity contribution is 5.81. The van der Waals surface area contributed by atoms with Crippen LogP contribution in [0.4, 0.5) is 0 Å². The molecule has 2 aromatic rings. The molecule has 1 saturated carbocycles.